The molecule has 0 spiro atoms. The van der Waals surface area contributed by atoms with Crippen LogP contribution in [0.5, 0.6) is 0 Å². The van der Waals surface area contributed by atoms with E-state index in [1.807, 2.05) is 0 Å². The number of aliphatic hydroxyl groups is 1. The lowest BCUT2D eigenvalue weighted by Crippen LogP contribution is -2.59. The molecule has 4 rings (SSSR count). The minimum Gasteiger partial charge on any atom is -0.385 e. The monoisotopic (exact) mass is 308 g/mol. The molecule has 7 unspecified atom stereocenters. The van der Waals surface area contributed by atoms with Crippen LogP contribution < -0.4 is 5.73 Å². The molecule has 0 aromatic heterocycles. The van der Waals surface area contributed by atoms with Crippen molar-refractivity contribution >= 4 is 5.84 Å². The zero-order chi connectivity index (χ0) is 15.3. The van der Waals surface area contributed by atoms with Gasteiger partial charge in [0.2, 0.25) is 0 Å². The molecule has 3 N–H and O–H groups in total. The van der Waals surface area contributed by atoms with Gasteiger partial charge in [0.05, 0.1) is 6.04 Å². The molecular weight excluding hydrogens is 279 g/mol. The Morgan fingerprint density at radius 3 is 2.59 bits per heavy atom. The summed E-state index contributed by atoms with van der Waals surface area (Å²) in [5, 5.41) is 11.6. The van der Waals surface area contributed by atoms with Gasteiger partial charge in [0.1, 0.15) is 17.6 Å². The number of aliphatic imine (C=N–C) groups is 1. The molecule has 3 fully saturated rings. The van der Waals surface area contributed by atoms with E-state index < -0.39 is 11.8 Å². The van der Waals surface area contributed by atoms with Crippen molar-refractivity contribution in [3.05, 3.63) is 0 Å². The van der Waals surface area contributed by atoms with Crippen LogP contribution in [-0.4, -0.2) is 28.8 Å². The predicted octanol–water partition coefficient (Wildman–Crippen LogP) is 3.20. The number of rotatable bonds is 1. The lowest BCUT2D eigenvalue weighted by Gasteiger charge is -2.50. The number of hydrogen-bond acceptors (Lipinski definition) is 3. The SMILES string of the molecule is NC1=NC2CCCCC2C1(O)C1CC(F)CC2CCCCC21. The molecule has 22 heavy (non-hydrogen) atoms. The average molecular weight is 308 g/mol. The summed E-state index contributed by atoms with van der Waals surface area (Å²) in [7, 11) is 0. The summed E-state index contributed by atoms with van der Waals surface area (Å²) >= 11 is 0. The van der Waals surface area contributed by atoms with Gasteiger partial charge >= 0.3 is 0 Å². The molecule has 0 aromatic rings. The van der Waals surface area contributed by atoms with E-state index >= 15 is 0 Å². The average Bonchev–Trinajstić information content (AvgIpc) is 2.79. The number of amidine groups is 1. The van der Waals surface area contributed by atoms with E-state index in [0.717, 1.165) is 32.1 Å². The highest BCUT2D eigenvalue weighted by molar-refractivity contribution is 5.91. The number of halogens is 1. The number of fused-ring (bicyclic) bond motifs is 2. The fourth-order valence-electron chi connectivity index (χ4n) is 6.16. The van der Waals surface area contributed by atoms with Crippen molar-refractivity contribution in [2.45, 2.75) is 82.0 Å². The van der Waals surface area contributed by atoms with E-state index in [1.54, 1.807) is 0 Å². The molecule has 7 atom stereocenters. The first kappa shape index (κ1) is 14.9. The van der Waals surface area contributed by atoms with Gasteiger partial charge in [-0.15, -0.1) is 0 Å². The second-order valence-corrected chi connectivity index (χ2v) is 8.18. The normalized spacial score (nSPS) is 51.8. The van der Waals surface area contributed by atoms with Gasteiger partial charge in [-0.25, -0.2) is 4.39 Å². The van der Waals surface area contributed by atoms with E-state index in [4.69, 9.17) is 5.73 Å². The molecule has 3 aliphatic carbocycles. The van der Waals surface area contributed by atoms with Crippen LogP contribution >= 0.6 is 0 Å². The smallest absolute Gasteiger partial charge is 0.129 e. The summed E-state index contributed by atoms with van der Waals surface area (Å²) in [6.45, 7) is 0. The molecular formula is C18H29FN2O. The van der Waals surface area contributed by atoms with E-state index in [-0.39, 0.29) is 17.9 Å². The highest BCUT2D eigenvalue weighted by atomic mass is 19.1. The second kappa shape index (κ2) is 5.47. The van der Waals surface area contributed by atoms with Gasteiger partial charge in [-0.3, -0.25) is 4.99 Å². The highest BCUT2D eigenvalue weighted by Crippen LogP contribution is 2.54. The number of nitrogens with zero attached hydrogens (tertiary/aromatic N) is 1. The minimum absolute atomic E-state index is 0.0154. The Kier molecular flexibility index (Phi) is 3.71. The van der Waals surface area contributed by atoms with Crippen molar-refractivity contribution in [3.63, 3.8) is 0 Å². The van der Waals surface area contributed by atoms with Gasteiger partial charge in [-0.2, -0.15) is 0 Å². The van der Waals surface area contributed by atoms with Crippen LogP contribution in [0.25, 0.3) is 0 Å². The molecule has 3 nitrogen and oxygen atoms in total. The Hall–Kier alpha value is -0.640. The molecule has 3 saturated carbocycles. The topological polar surface area (TPSA) is 58.6 Å². The summed E-state index contributed by atoms with van der Waals surface area (Å²) < 4.78 is 14.4. The molecule has 124 valence electrons. The third-order valence-corrected chi connectivity index (χ3v) is 7.13. The van der Waals surface area contributed by atoms with E-state index in [9.17, 15) is 9.50 Å². The Labute approximate surface area is 132 Å². The largest absolute Gasteiger partial charge is 0.385 e. The fourth-order valence-corrected chi connectivity index (χ4v) is 6.16. The summed E-state index contributed by atoms with van der Waals surface area (Å²) in [5.41, 5.74) is 5.22. The number of nitrogens with two attached hydrogens (primary N) is 1. The fraction of sp³-hybridized carbons (Fsp3) is 0.944. The lowest BCUT2D eigenvalue weighted by atomic mass is 9.56. The van der Waals surface area contributed by atoms with Crippen LogP contribution in [0.2, 0.25) is 0 Å². The van der Waals surface area contributed by atoms with Gasteiger partial charge in [0.15, 0.2) is 0 Å². The Balaban J connectivity index is 1.67. The first-order chi connectivity index (χ1) is 10.6. The molecule has 0 aromatic carbocycles. The summed E-state index contributed by atoms with van der Waals surface area (Å²) in [5.74, 6) is 1.44. The van der Waals surface area contributed by atoms with Crippen LogP contribution in [0.3, 0.4) is 0 Å². The van der Waals surface area contributed by atoms with Crippen molar-refractivity contribution in [2.24, 2.45) is 34.4 Å². The van der Waals surface area contributed by atoms with E-state index in [0.29, 0.717) is 30.5 Å². The molecule has 0 radical (unpaired) electrons. The van der Waals surface area contributed by atoms with Crippen LogP contribution in [0.4, 0.5) is 4.39 Å². The maximum absolute atomic E-state index is 14.4. The van der Waals surface area contributed by atoms with Crippen LogP contribution in [0.15, 0.2) is 4.99 Å². The van der Waals surface area contributed by atoms with Crippen molar-refractivity contribution < 1.29 is 9.50 Å². The molecule has 0 bridgehead atoms. The van der Waals surface area contributed by atoms with Crippen LogP contribution in [-0.2, 0) is 0 Å². The third kappa shape index (κ3) is 2.13. The highest BCUT2D eigenvalue weighted by Gasteiger charge is 2.59. The third-order valence-electron chi connectivity index (χ3n) is 7.13. The first-order valence-corrected chi connectivity index (χ1v) is 9.31. The van der Waals surface area contributed by atoms with Crippen molar-refractivity contribution in [2.75, 3.05) is 0 Å². The van der Waals surface area contributed by atoms with Gasteiger partial charge in [-0.1, -0.05) is 32.1 Å². The van der Waals surface area contributed by atoms with E-state index in [1.165, 1.54) is 19.3 Å². The Morgan fingerprint density at radius 2 is 1.73 bits per heavy atom. The van der Waals surface area contributed by atoms with Gasteiger partial charge in [0.25, 0.3) is 0 Å². The first-order valence-electron chi connectivity index (χ1n) is 9.31. The maximum Gasteiger partial charge on any atom is 0.129 e. The van der Waals surface area contributed by atoms with Crippen molar-refractivity contribution in [1.29, 1.82) is 0 Å². The summed E-state index contributed by atoms with van der Waals surface area (Å²) in [6, 6.07) is 0.181. The van der Waals surface area contributed by atoms with Crippen LogP contribution in [0.1, 0.15) is 64.2 Å². The second-order valence-electron chi connectivity index (χ2n) is 8.18. The van der Waals surface area contributed by atoms with Crippen molar-refractivity contribution in [3.8, 4) is 0 Å². The van der Waals surface area contributed by atoms with Gasteiger partial charge < -0.3 is 10.8 Å². The minimum atomic E-state index is -1.03. The zero-order valence-corrected chi connectivity index (χ0v) is 13.4. The maximum atomic E-state index is 14.4. The molecule has 0 saturated heterocycles. The van der Waals surface area contributed by atoms with Gasteiger partial charge in [-0.05, 0) is 43.9 Å². The number of hydrogen-bond donors (Lipinski definition) is 2. The molecule has 0 amide bonds. The molecule has 1 heterocycles. The zero-order valence-electron chi connectivity index (χ0n) is 13.4. The quantitative estimate of drug-likeness (QED) is 0.781. The standard InChI is InChI=1S/C18H29FN2O/c19-12-9-11-5-1-2-6-13(11)15(10-12)18(22)14-7-3-4-8-16(14)21-17(18)20/h11-16,22H,1-10H2,(H2,20,21). The van der Waals surface area contributed by atoms with Crippen LogP contribution in [0, 0.1) is 23.7 Å². The van der Waals surface area contributed by atoms with Gasteiger partial charge in [0, 0.05) is 11.8 Å². The predicted molar refractivity (Wildman–Crippen MR) is 85.4 cm³/mol. The molecule has 4 aliphatic rings. The lowest BCUT2D eigenvalue weighted by molar-refractivity contribution is -0.0888. The molecule has 4 heteroatoms. The molecule has 1 aliphatic heterocycles. The summed E-state index contributed by atoms with van der Waals surface area (Å²) in [6.07, 6.45) is 9.46. The Bertz CT molecular complexity index is 468. The Morgan fingerprint density at radius 1 is 1.00 bits per heavy atom. The number of alkyl halides is 1. The van der Waals surface area contributed by atoms with Crippen molar-refractivity contribution in [1.82, 2.24) is 0 Å². The van der Waals surface area contributed by atoms with E-state index in [2.05, 4.69) is 4.99 Å². The summed E-state index contributed by atoms with van der Waals surface area (Å²) in [4.78, 5) is 4.62.